The van der Waals surface area contributed by atoms with E-state index in [0.717, 1.165) is 17.7 Å². The van der Waals surface area contributed by atoms with Crippen molar-refractivity contribution in [2.24, 2.45) is 5.73 Å². The van der Waals surface area contributed by atoms with Crippen molar-refractivity contribution in [1.29, 1.82) is 0 Å². The van der Waals surface area contributed by atoms with E-state index in [1.807, 2.05) is 19.9 Å². The first kappa shape index (κ1) is 11.6. The first-order chi connectivity index (χ1) is 5.45. The maximum atomic E-state index is 9.15. The van der Waals surface area contributed by atoms with Gasteiger partial charge in [-0.15, -0.1) is 0 Å². The van der Waals surface area contributed by atoms with Crippen molar-refractivity contribution in [3.8, 4) is 0 Å². The molecule has 3 N–H and O–H groups in total. The lowest BCUT2D eigenvalue weighted by atomic mass is 10.1. The molecule has 0 saturated heterocycles. The Hall–Kier alpha value is -0.440. The minimum Gasteiger partial charge on any atom is -0.513 e. The molecule has 0 fully saturated rings. The second kappa shape index (κ2) is 5.25. The van der Waals surface area contributed by atoms with Crippen LogP contribution in [0.2, 0.25) is 0 Å². The molecule has 0 saturated carbocycles. The second-order valence-corrected chi connectivity index (χ2v) is 4.03. The summed E-state index contributed by atoms with van der Waals surface area (Å²) in [6.45, 7) is 5.43. The van der Waals surface area contributed by atoms with Gasteiger partial charge in [-0.25, -0.2) is 0 Å². The monoisotopic (exact) mass is 233 g/mol. The van der Waals surface area contributed by atoms with Crippen molar-refractivity contribution in [2.75, 3.05) is 0 Å². The maximum absolute atomic E-state index is 9.15. The normalized spacial score (nSPS) is 17.2. The van der Waals surface area contributed by atoms with Gasteiger partial charge in [0.25, 0.3) is 0 Å². The molecule has 0 radical (unpaired) electrons. The fourth-order valence-electron chi connectivity index (χ4n) is 0.693. The van der Waals surface area contributed by atoms with Crippen LogP contribution in [0.3, 0.4) is 0 Å². The van der Waals surface area contributed by atoms with Gasteiger partial charge in [0.15, 0.2) is 0 Å². The molecule has 0 aromatic heterocycles. The van der Waals surface area contributed by atoms with Crippen LogP contribution < -0.4 is 5.73 Å². The third-order valence-corrected chi connectivity index (χ3v) is 2.75. The topological polar surface area (TPSA) is 46.2 Å². The Morgan fingerprint density at radius 2 is 2.00 bits per heavy atom. The van der Waals surface area contributed by atoms with Crippen LogP contribution in [-0.4, -0.2) is 9.93 Å². The summed E-state index contributed by atoms with van der Waals surface area (Å²) in [5.74, 6) is 0.375. The van der Waals surface area contributed by atoms with Crippen LogP contribution in [0.25, 0.3) is 0 Å². The summed E-state index contributed by atoms with van der Waals surface area (Å²) in [4.78, 5) is 0.181. The lowest BCUT2D eigenvalue weighted by Gasteiger charge is -2.08. The molecule has 0 aliphatic carbocycles. The zero-order valence-electron chi connectivity index (χ0n) is 7.76. The quantitative estimate of drug-likeness (QED) is 0.582. The van der Waals surface area contributed by atoms with Gasteiger partial charge in [0.2, 0.25) is 0 Å². The minimum atomic E-state index is 0.181. The molecule has 70 valence electrons. The summed E-state index contributed by atoms with van der Waals surface area (Å²) in [6, 6.07) is 0. The summed E-state index contributed by atoms with van der Waals surface area (Å²) in [7, 11) is 0. The average molecular weight is 234 g/mol. The van der Waals surface area contributed by atoms with Gasteiger partial charge in [-0.05, 0) is 32.8 Å². The molecule has 1 unspecified atom stereocenters. The molecular weight excluding hydrogens is 218 g/mol. The van der Waals surface area contributed by atoms with E-state index in [9.17, 15) is 0 Å². The molecule has 12 heavy (non-hydrogen) atoms. The number of allylic oxidation sites excluding steroid dienone is 4. The van der Waals surface area contributed by atoms with Gasteiger partial charge in [0.1, 0.15) is 0 Å². The fraction of sp³-hybridized carbons (Fsp3) is 0.556. The molecule has 0 aromatic carbocycles. The lowest BCUT2D eigenvalue weighted by molar-refractivity contribution is 0.405. The standard InChI is InChI=1S/C9H16BrNO/c1-6(11)4-5-9(10)7(2)8(3)12/h4,9,12H,5,11H2,1-3H3/b6-4+,8-7+. The smallest absolute Gasteiger partial charge is 0.0892 e. The van der Waals surface area contributed by atoms with Gasteiger partial charge in [-0.1, -0.05) is 22.0 Å². The number of hydrogen-bond acceptors (Lipinski definition) is 2. The average Bonchev–Trinajstić information content (AvgIpc) is 1.98. The van der Waals surface area contributed by atoms with Crippen molar-refractivity contribution >= 4 is 15.9 Å². The number of alkyl halides is 1. The summed E-state index contributed by atoms with van der Waals surface area (Å²) in [5.41, 5.74) is 7.24. The van der Waals surface area contributed by atoms with Crippen molar-refractivity contribution in [3.63, 3.8) is 0 Å². The van der Waals surface area contributed by atoms with Crippen molar-refractivity contribution in [2.45, 2.75) is 32.0 Å². The van der Waals surface area contributed by atoms with E-state index in [4.69, 9.17) is 10.8 Å². The number of aliphatic hydroxyl groups excluding tert-OH is 1. The number of halogens is 1. The van der Waals surface area contributed by atoms with Crippen molar-refractivity contribution in [1.82, 2.24) is 0 Å². The molecule has 2 nitrogen and oxygen atoms in total. The molecule has 3 heteroatoms. The van der Waals surface area contributed by atoms with Crippen LogP contribution in [-0.2, 0) is 0 Å². The zero-order chi connectivity index (χ0) is 9.72. The first-order valence-electron chi connectivity index (χ1n) is 3.87. The number of hydrogen-bond donors (Lipinski definition) is 2. The van der Waals surface area contributed by atoms with Crippen LogP contribution in [0, 0.1) is 0 Å². The Kier molecular flexibility index (Phi) is 5.06. The van der Waals surface area contributed by atoms with Crippen LogP contribution in [0.15, 0.2) is 23.1 Å². The van der Waals surface area contributed by atoms with Gasteiger partial charge in [0, 0.05) is 10.5 Å². The lowest BCUT2D eigenvalue weighted by Crippen LogP contribution is -2.02. The summed E-state index contributed by atoms with van der Waals surface area (Å²) in [5, 5.41) is 9.15. The van der Waals surface area contributed by atoms with Gasteiger partial charge in [-0.3, -0.25) is 0 Å². The Balaban J connectivity index is 4.15. The van der Waals surface area contributed by atoms with Gasteiger partial charge < -0.3 is 10.8 Å². The van der Waals surface area contributed by atoms with Crippen molar-refractivity contribution < 1.29 is 5.11 Å². The Morgan fingerprint density at radius 1 is 1.50 bits per heavy atom. The molecule has 0 aromatic rings. The molecule has 1 atom stereocenters. The summed E-state index contributed by atoms with van der Waals surface area (Å²) >= 11 is 3.45. The Morgan fingerprint density at radius 3 is 2.33 bits per heavy atom. The minimum absolute atomic E-state index is 0.181. The Bertz CT molecular complexity index is 201. The molecule has 0 rings (SSSR count). The highest BCUT2D eigenvalue weighted by molar-refractivity contribution is 9.09. The molecule has 0 spiro atoms. The molecular formula is C9H16BrNO. The second-order valence-electron chi connectivity index (χ2n) is 2.92. The van der Waals surface area contributed by atoms with Crippen LogP contribution in [0.5, 0.6) is 0 Å². The fourth-order valence-corrected chi connectivity index (χ4v) is 1.21. The van der Waals surface area contributed by atoms with E-state index in [1.165, 1.54) is 0 Å². The van der Waals surface area contributed by atoms with Crippen LogP contribution in [0.1, 0.15) is 27.2 Å². The predicted octanol–water partition coefficient (Wildman–Crippen LogP) is 2.85. The predicted molar refractivity (Wildman–Crippen MR) is 56.3 cm³/mol. The molecule has 0 heterocycles. The highest BCUT2D eigenvalue weighted by Crippen LogP contribution is 2.18. The van der Waals surface area contributed by atoms with E-state index in [-0.39, 0.29) is 4.83 Å². The SMILES string of the molecule is C/C(N)=C\CC(Br)/C(C)=C(\C)O. The highest BCUT2D eigenvalue weighted by Gasteiger charge is 2.06. The van der Waals surface area contributed by atoms with E-state index < -0.39 is 0 Å². The number of rotatable bonds is 3. The van der Waals surface area contributed by atoms with Crippen molar-refractivity contribution in [3.05, 3.63) is 23.1 Å². The maximum Gasteiger partial charge on any atom is 0.0892 e. The van der Waals surface area contributed by atoms with Gasteiger partial charge >= 0.3 is 0 Å². The van der Waals surface area contributed by atoms with Crippen LogP contribution in [0.4, 0.5) is 0 Å². The first-order valence-corrected chi connectivity index (χ1v) is 4.79. The molecule has 0 aliphatic heterocycles. The molecule has 0 bridgehead atoms. The van der Waals surface area contributed by atoms with E-state index in [1.54, 1.807) is 6.92 Å². The van der Waals surface area contributed by atoms with Gasteiger partial charge in [-0.2, -0.15) is 0 Å². The zero-order valence-corrected chi connectivity index (χ0v) is 9.35. The van der Waals surface area contributed by atoms with Gasteiger partial charge in [0.05, 0.1) is 5.76 Å². The number of nitrogens with two attached hydrogens (primary N) is 1. The Labute approximate surface area is 82.3 Å². The summed E-state index contributed by atoms with van der Waals surface area (Å²) in [6.07, 6.45) is 2.75. The largest absolute Gasteiger partial charge is 0.513 e. The molecule has 0 amide bonds. The number of aliphatic hydroxyl groups is 1. The highest BCUT2D eigenvalue weighted by atomic mass is 79.9. The third kappa shape index (κ3) is 4.44. The third-order valence-electron chi connectivity index (χ3n) is 1.69. The van der Waals surface area contributed by atoms with Crippen LogP contribution >= 0.6 is 15.9 Å². The van der Waals surface area contributed by atoms with E-state index in [0.29, 0.717) is 5.76 Å². The van der Waals surface area contributed by atoms with E-state index >= 15 is 0 Å². The molecule has 0 aliphatic rings. The summed E-state index contributed by atoms with van der Waals surface area (Å²) < 4.78 is 0. The van der Waals surface area contributed by atoms with E-state index in [2.05, 4.69) is 15.9 Å².